The van der Waals surface area contributed by atoms with Crippen molar-refractivity contribution in [1.29, 1.82) is 0 Å². The predicted octanol–water partition coefficient (Wildman–Crippen LogP) is 8.90. The van der Waals surface area contributed by atoms with Crippen LogP contribution in [0.15, 0.2) is 42.5 Å². The molecular formula is C39H56F5N2O9S+. The van der Waals surface area contributed by atoms with Gasteiger partial charge in [-0.25, -0.2) is 0 Å². The van der Waals surface area contributed by atoms with E-state index in [1.807, 2.05) is 0 Å². The smallest absolute Gasteiger partial charge is 0.492 e. The van der Waals surface area contributed by atoms with Gasteiger partial charge in [-0.15, -0.1) is 0 Å². The summed E-state index contributed by atoms with van der Waals surface area (Å²) >= 11 is 0. The second-order valence-electron chi connectivity index (χ2n) is 15.6. The highest BCUT2D eigenvalue weighted by Crippen LogP contribution is 2.61. The molecule has 1 amide bonds. The largest absolute Gasteiger partial charge is 0.534 e. The minimum absolute atomic E-state index is 0.0458. The van der Waals surface area contributed by atoms with Crippen molar-refractivity contribution in [2.75, 3.05) is 47.5 Å². The lowest BCUT2D eigenvalue weighted by Gasteiger charge is -2.58. The minimum Gasteiger partial charge on any atom is -0.492 e. The van der Waals surface area contributed by atoms with Crippen LogP contribution in [-0.2, 0) is 35.4 Å². The van der Waals surface area contributed by atoms with Crippen molar-refractivity contribution in [2.24, 2.45) is 0 Å². The lowest BCUT2D eigenvalue weighted by Crippen LogP contribution is -2.78. The third kappa shape index (κ3) is 9.38. The van der Waals surface area contributed by atoms with E-state index in [2.05, 4.69) is 4.72 Å². The Labute approximate surface area is 326 Å². The molecule has 1 fully saturated rings. The number of ether oxygens (including phenoxy) is 6. The minimum atomic E-state index is -5.91. The number of alkyl halides is 5. The molecule has 1 N–H and O–H groups in total. The summed E-state index contributed by atoms with van der Waals surface area (Å²) in [7, 11) is -2.19. The quantitative estimate of drug-likeness (QED) is 0.135. The molecule has 2 aliphatic rings. The van der Waals surface area contributed by atoms with E-state index in [1.165, 1.54) is 41.1 Å². The van der Waals surface area contributed by atoms with Crippen LogP contribution in [0.2, 0.25) is 0 Å². The molecular weight excluding hydrogens is 767 g/mol. The van der Waals surface area contributed by atoms with Gasteiger partial charge in [0.2, 0.25) is 0 Å². The molecule has 0 radical (unpaired) electrons. The Morgan fingerprint density at radius 1 is 0.857 bits per heavy atom. The van der Waals surface area contributed by atoms with Gasteiger partial charge in [0.25, 0.3) is 0 Å². The fraction of sp³-hybridized carbons (Fsp3) is 0.667. The van der Waals surface area contributed by atoms with Gasteiger partial charge in [-0.1, -0.05) is 48.1 Å². The number of methoxy groups -OCH3 is 2. The first kappa shape index (κ1) is 45.5. The molecule has 0 aromatic heterocycles. The summed E-state index contributed by atoms with van der Waals surface area (Å²) in [6.07, 6.45) is -5.56. The van der Waals surface area contributed by atoms with Crippen LogP contribution in [0.3, 0.4) is 0 Å². The summed E-state index contributed by atoms with van der Waals surface area (Å²) in [6, 6.07) is 11.3. The fourth-order valence-electron chi connectivity index (χ4n) is 7.94. The van der Waals surface area contributed by atoms with Gasteiger partial charge < -0.3 is 28.4 Å². The maximum absolute atomic E-state index is 15.5. The molecule has 1 saturated heterocycles. The maximum Gasteiger partial charge on any atom is 0.534 e. The number of rotatable bonds is 11. The van der Waals surface area contributed by atoms with E-state index in [4.69, 9.17) is 28.4 Å². The summed E-state index contributed by atoms with van der Waals surface area (Å²) < 4.78 is 136. The molecule has 11 nitrogen and oxygen atoms in total. The molecule has 0 saturated carbocycles. The average Bonchev–Trinajstić information content (AvgIpc) is 3.12. The lowest BCUT2D eigenvalue weighted by molar-refractivity contribution is -0.814. The van der Waals surface area contributed by atoms with E-state index in [0.29, 0.717) is 37.0 Å². The van der Waals surface area contributed by atoms with Gasteiger partial charge >= 0.3 is 28.4 Å². The number of carbonyl (C=O) groups is 1. The Morgan fingerprint density at radius 2 is 1.43 bits per heavy atom. The molecule has 56 heavy (non-hydrogen) atoms. The fourth-order valence-corrected chi connectivity index (χ4v) is 9.96. The van der Waals surface area contributed by atoms with Crippen molar-refractivity contribution in [3.05, 3.63) is 53.6 Å². The molecule has 1 spiro atoms. The average molecular weight is 824 g/mol. The second kappa shape index (κ2) is 18.1. The predicted molar refractivity (Wildman–Crippen MR) is 198 cm³/mol. The summed E-state index contributed by atoms with van der Waals surface area (Å²) in [5, 5.41) is 0. The van der Waals surface area contributed by atoms with Crippen LogP contribution in [-0.4, -0.2) is 83.6 Å². The van der Waals surface area contributed by atoms with Crippen LogP contribution < -0.4 is 18.9 Å². The molecule has 2 aromatic carbocycles. The van der Waals surface area contributed by atoms with E-state index >= 15 is 13.2 Å². The molecule has 0 bridgehead atoms. The highest BCUT2D eigenvalue weighted by molar-refractivity contribution is 7.84. The second-order valence-corrected chi connectivity index (χ2v) is 17.5. The van der Waals surface area contributed by atoms with Gasteiger partial charge in [-0.05, 0) is 70.4 Å². The SMILES string of the molecule is COCOc1ccc(C2(C)COc3cc(OCOC)ccc3C23CCCCCCCCCNS(=O)(=O)[N+]3(CCCC(F)(F)C(F)(F)F)C(=O)OC(C)(C)C)cc1. The van der Waals surface area contributed by atoms with Crippen molar-refractivity contribution in [3.8, 4) is 17.2 Å². The van der Waals surface area contributed by atoms with Gasteiger partial charge in [0.15, 0.2) is 19.1 Å². The highest BCUT2D eigenvalue weighted by Gasteiger charge is 2.75. The van der Waals surface area contributed by atoms with Gasteiger partial charge in [0, 0.05) is 46.1 Å². The summed E-state index contributed by atoms with van der Waals surface area (Å²) in [5.41, 5.74) is -4.11. The van der Waals surface area contributed by atoms with E-state index in [0.717, 1.165) is 19.3 Å². The van der Waals surface area contributed by atoms with E-state index < -0.39 is 68.2 Å². The van der Waals surface area contributed by atoms with Crippen LogP contribution in [0.4, 0.5) is 26.7 Å². The zero-order valence-electron chi connectivity index (χ0n) is 33.1. The summed E-state index contributed by atoms with van der Waals surface area (Å²) in [5.74, 6) is -4.34. The molecule has 2 aliphatic heterocycles. The molecule has 0 aliphatic carbocycles. The number of hydrogen-bond acceptors (Lipinski definition) is 9. The number of fused-ring (bicyclic) bond motifs is 2. The monoisotopic (exact) mass is 823 g/mol. The molecule has 2 heterocycles. The Bertz CT molecular complexity index is 1720. The maximum atomic E-state index is 15.5. The number of quaternary nitrogens is 1. The van der Waals surface area contributed by atoms with Crippen molar-refractivity contribution < 1.29 is 67.5 Å². The Hall–Kier alpha value is -3.25. The van der Waals surface area contributed by atoms with Gasteiger partial charge in [-0.2, -0.15) is 39.9 Å². The summed E-state index contributed by atoms with van der Waals surface area (Å²) in [6.45, 7) is 4.76. The van der Waals surface area contributed by atoms with E-state index in [-0.39, 0.29) is 50.2 Å². The summed E-state index contributed by atoms with van der Waals surface area (Å²) in [4.78, 5) is 15.4. The number of nitrogens with zero attached hydrogens (tertiary/aromatic N) is 1. The third-order valence-electron chi connectivity index (χ3n) is 10.6. The van der Waals surface area contributed by atoms with E-state index in [1.54, 1.807) is 43.3 Å². The van der Waals surface area contributed by atoms with Crippen molar-refractivity contribution >= 4 is 16.3 Å². The molecule has 3 atom stereocenters. The number of carbonyl (C=O) groups excluding carboxylic acids is 1. The lowest BCUT2D eigenvalue weighted by atomic mass is 9.59. The molecule has 2 aromatic rings. The standard InChI is InChI=1S/C39H56F5N2O9S/c1-35(2,3)55-34(47)46(24-14-22-38(40,41)39(42,43)44)37(21-12-10-8-7-9-11-13-23-45-56(46,48)49)32-20-19-31(54-28-51-6)25-33(32)52-26-36(37,4)29-15-17-30(18-16-29)53-27-50-5/h15-20,25,45H,7-14,21-24,26-28H2,1-6H3/q+1. The first-order chi connectivity index (χ1) is 26.2. The van der Waals surface area contributed by atoms with Crippen LogP contribution in [0.5, 0.6) is 17.2 Å². The van der Waals surface area contributed by atoms with Gasteiger partial charge in [0.05, 0.1) is 11.0 Å². The first-order valence-electron chi connectivity index (χ1n) is 18.9. The molecule has 4 rings (SSSR count). The van der Waals surface area contributed by atoms with Gasteiger partial charge in [-0.3, -0.25) is 0 Å². The molecule has 3 unspecified atom stereocenters. The number of benzene rings is 2. The van der Waals surface area contributed by atoms with Gasteiger partial charge in [0.1, 0.15) is 36.0 Å². The Kier molecular flexibility index (Phi) is 14.7. The molecule has 17 heteroatoms. The topological polar surface area (TPSA) is 119 Å². The van der Waals surface area contributed by atoms with Crippen molar-refractivity contribution in [1.82, 2.24) is 4.72 Å². The van der Waals surface area contributed by atoms with Crippen LogP contribution >= 0.6 is 0 Å². The van der Waals surface area contributed by atoms with Crippen molar-refractivity contribution in [3.63, 3.8) is 0 Å². The van der Waals surface area contributed by atoms with Crippen LogP contribution in [0.25, 0.3) is 0 Å². The molecule has 316 valence electrons. The van der Waals surface area contributed by atoms with E-state index in [9.17, 15) is 22.0 Å². The van der Waals surface area contributed by atoms with Crippen LogP contribution in [0.1, 0.15) is 103 Å². The number of nitrogens with one attached hydrogen (secondary N) is 1. The Morgan fingerprint density at radius 3 is 2.02 bits per heavy atom. The third-order valence-corrected chi connectivity index (χ3v) is 12.6. The van der Waals surface area contributed by atoms with Crippen molar-refractivity contribution in [2.45, 2.75) is 121 Å². The zero-order chi connectivity index (χ0) is 41.5. The number of amides is 1. The first-order valence-corrected chi connectivity index (χ1v) is 20.3. The Balaban J connectivity index is 2.19. The van der Waals surface area contributed by atoms with Crippen LogP contribution in [0, 0.1) is 0 Å². The highest BCUT2D eigenvalue weighted by atomic mass is 32.2. The number of hydrogen-bond donors (Lipinski definition) is 1. The normalized spacial score (nSPS) is 25.1. The zero-order valence-corrected chi connectivity index (χ0v) is 33.9. The number of halogens is 5.